The second-order valence-electron chi connectivity index (χ2n) is 2.11. The topological polar surface area (TPSA) is 56.7 Å². The van der Waals surface area contributed by atoms with E-state index in [1.54, 1.807) is 12.5 Å². The van der Waals surface area contributed by atoms with Crippen molar-refractivity contribution in [2.24, 2.45) is 0 Å². The maximum absolute atomic E-state index is 4.72. The quantitative estimate of drug-likeness (QED) is 0.587. The molecule has 0 saturated heterocycles. The number of rotatable bonds is 1. The summed E-state index contributed by atoms with van der Waals surface area (Å²) < 4.78 is 6.22. The maximum Gasteiger partial charge on any atom is 0.200 e. The van der Waals surface area contributed by atoms with Crippen LogP contribution in [-0.4, -0.2) is 20.2 Å². The van der Waals surface area contributed by atoms with Crippen molar-refractivity contribution in [2.75, 3.05) is 0 Å². The van der Waals surface area contributed by atoms with Crippen molar-refractivity contribution in [3.63, 3.8) is 0 Å². The molecule has 5 heteroatoms. The fourth-order valence-corrected chi connectivity index (χ4v) is 0.786. The molecule has 55 valence electrons. The first-order chi connectivity index (χ1) is 5.38. The minimum atomic E-state index is 0.652. The number of aryl methyl sites for hydroxylation is 1. The standard InChI is InChI=1S/C6H5N4O/c1-5-4-11-8-6(5)10-3-2-7-9-10/h3-4H,1H3. The Morgan fingerprint density at radius 1 is 1.64 bits per heavy atom. The van der Waals surface area contributed by atoms with Crippen LogP contribution in [0.15, 0.2) is 17.0 Å². The van der Waals surface area contributed by atoms with E-state index in [2.05, 4.69) is 21.7 Å². The van der Waals surface area contributed by atoms with E-state index in [9.17, 15) is 0 Å². The van der Waals surface area contributed by atoms with E-state index in [-0.39, 0.29) is 0 Å². The largest absolute Gasteiger partial charge is 0.362 e. The molecule has 0 saturated carbocycles. The molecule has 0 atom stereocenters. The zero-order valence-electron chi connectivity index (χ0n) is 5.85. The van der Waals surface area contributed by atoms with Crippen molar-refractivity contribution >= 4 is 0 Å². The summed E-state index contributed by atoms with van der Waals surface area (Å²) in [6, 6.07) is 0. The van der Waals surface area contributed by atoms with Gasteiger partial charge in [-0.25, -0.2) is 0 Å². The zero-order valence-corrected chi connectivity index (χ0v) is 5.85. The third kappa shape index (κ3) is 0.899. The normalized spacial score (nSPS) is 10.3. The summed E-state index contributed by atoms with van der Waals surface area (Å²) in [6.07, 6.45) is 5.71. The van der Waals surface area contributed by atoms with Crippen molar-refractivity contribution in [3.05, 3.63) is 24.2 Å². The summed E-state index contributed by atoms with van der Waals surface area (Å²) in [4.78, 5) is 0. The third-order valence-corrected chi connectivity index (χ3v) is 1.32. The van der Waals surface area contributed by atoms with Gasteiger partial charge in [-0.3, -0.25) is 0 Å². The molecule has 0 N–H and O–H groups in total. The van der Waals surface area contributed by atoms with Crippen LogP contribution < -0.4 is 0 Å². The fourth-order valence-electron chi connectivity index (χ4n) is 0.786. The molecular weight excluding hydrogens is 144 g/mol. The Hall–Kier alpha value is -1.65. The molecule has 0 bridgehead atoms. The molecule has 2 aromatic rings. The predicted molar refractivity (Wildman–Crippen MR) is 35.0 cm³/mol. The number of hydrogen-bond donors (Lipinski definition) is 0. The van der Waals surface area contributed by atoms with Gasteiger partial charge >= 0.3 is 0 Å². The summed E-state index contributed by atoms with van der Waals surface area (Å²) >= 11 is 0. The van der Waals surface area contributed by atoms with E-state index in [1.165, 1.54) is 4.68 Å². The van der Waals surface area contributed by atoms with Gasteiger partial charge < -0.3 is 4.52 Å². The van der Waals surface area contributed by atoms with Crippen LogP contribution in [0.2, 0.25) is 0 Å². The number of hydrogen-bond acceptors (Lipinski definition) is 4. The lowest BCUT2D eigenvalue weighted by atomic mass is 10.4. The summed E-state index contributed by atoms with van der Waals surface area (Å²) in [5.74, 6) is 0.652. The van der Waals surface area contributed by atoms with Gasteiger partial charge in [-0.15, -0.1) is 5.10 Å². The van der Waals surface area contributed by atoms with E-state index < -0.39 is 0 Å². The molecule has 0 amide bonds. The first-order valence-electron chi connectivity index (χ1n) is 3.07. The molecule has 1 radical (unpaired) electrons. The molecule has 2 aromatic heterocycles. The molecule has 0 unspecified atom stereocenters. The van der Waals surface area contributed by atoms with Crippen molar-refractivity contribution < 1.29 is 4.52 Å². The Morgan fingerprint density at radius 2 is 2.55 bits per heavy atom. The van der Waals surface area contributed by atoms with Gasteiger partial charge in [0.2, 0.25) is 5.82 Å². The van der Waals surface area contributed by atoms with E-state index in [0.29, 0.717) is 5.82 Å². The molecule has 0 aliphatic carbocycles. The second kappa shape index (κ2) is 2.19. The molecule has 0 spiro atoms. The highest BCUT2D eigenvalue weighted by molar-refractivity contribution is 5.26. The monoisotopic (exact) mass is 149 g/mol. The van der Waals surface area contributed by atoms with Gasteiger partial charge in [-0.05, 0) is 6.92 Å². The molecule has 0 fully saturated rings. The lowest BCUT2D eigenvalue weighted by Crippen LogP contribution is -1.96. The van der Waals surface area contributed by atoms with Gasteiger partial charge in [-0.1, -0.05) is 10.4 Å². The van der Waals surface area contributed by atoms with Crippen LogP contribution in [-0.2, 0) is 0 Å². The average Bonchev–Trinajstić information content (AvgIpc) is 2.55. The van der Waals surface area contributed by atoms with Crippen LogP contribution in [0.1, 0.15) is 5.56 Å². The van der Waals surface area contributed by atoms with Gasteiger partial charge in [0.15, 0.2) is 0 Å². The highest BCUT2D eigenvalue weighted by atomic mass is 16.5. The van der Waals surface area contributed by atoms with Gasteiger partial charge in [0.1, 0.15) is 12.5 Å². The van der Waals surface area contributed by atoms with Crippen molar-refractivity contribution in [1.29, 1.82) is 0 Å². The first kappa shape index (κ1) is 6.09. The molecule has 2 heterocycles. The second-order valence-corrected chi connectivity index (χ2v) is 2.11. The predicted octanol–water partition coefficient (Wildman–Crippen LogP) is 0.364. The van der Waals surface area contributed by atoms with E-state index in [1.807, 2.05) is 6.92 Å². The van der Waals surface area contributed by atoms with E-state index in [0.717, 1.165) is 5.56 Å². The van der Waals surface area contributed by atoms with Gasteiger partial charge in [0.25, 0.3) is 0 Å². The summed E-state index contributed by atoms with van der Waals surface area (Å²) in [6.45, 7) is 1.88. The third-order valence-electron chi connectivity index (χ3n) is 1.32. The Kier molecular flexibility index (Phi) is 1.21. The molecular formula is C6H5N4O. The van der Waals surface area contributed by atoms with Gasteiger partial charge in [-0.2, -0.15) is 4.68 Å². The Balaban J connectivity index is 2.53. The molecule has 2 rings (SSSR count). The highest BCUT2D eigenvalue weighted by Gasteiger charge is 2.04. The fraction of sp³-hybridized carbons (Fsp3) is 0.167. The maximum atomic E-state index is 4.72. The lowest BCUT2D eigenvalue weighted by Gasteiger charge is -1.90. The smallest absolute Gasteiger partial charge is 0.200 e. The zero-order chi connectivity index (χ0) is 7.68. The average molecular weight is 149 g/mol. The Labute approximate surface area is 62.6 Å². The summed E-state index contributed by atoms with van der Waals surface area (Å²) in [5, 5.41) is 11.0. The summed E-state index contributed by atoms with van der Waals surface area (Å²) in [7, 11) is 0. The summed E-state index contributed by atoms with van der Waals surface area (Å²) in [5.41, 5.74) is 0.920. The van der Waals surface area contributed by atoms with Gasteiger partial charge in [0.05, 0.1) is 6.20 Å². The van der Waals surface area contributed by atoms with E-state index in [4.69, 9.17) is 4.52 Å². The van der Waals surface area contributed by atoms with Crippen molar-refractivity contribution in [3.8, 4) is 5.82 Å². The Bertz CT molecular complexity index is 337. The molecule has 11 heavy (non-hydrogen) atoms. The molecule has 0 aromatic carbocycles. The first-order valence-corrected chi connectivity index (χ1v) is 3.07. The Morgan fingerprint density at radius 3 is 3.09 bits per heavy atom. The highest BCUT2D eigenvalue weighted by Crippen LogP contribution is 2.07. The van der Waals surface area contributed by atoms with Crippen LogP contribution in [0, 0.1) is 13.1 Å². The van der Waals surface area contributed by atoms with Crippen molar-refractivity contribution in [1.82, 2.24) is 20.2 Å². The minimum Gasteiger partial charge on any atom is -0.362 e. The number of aromatic nitrogens is 4. The minimum absolute atomic E-state index is 0.652. The van der Waals surface area contributed by atoms with E-state index >= 15 is 0 Å². The number of nitrogens with zero attached hydrogens (tertiary/aromatic N) is 4. The molecule has 5 nitrogen and oxygen atoms in total. The van der Waals surface area contributed by atoms with Crippen LogP contribution in [0.4, 0.5) is 0 Å². The molecule has 0 aliphatic heterocycles. The lowest BCUT2D eigenvalue weighted by molar-refractivity contribution is 0.414. The van der Waals surface area contributed by atoms with Crippen LogP contribution >= 0.6 is 0 Å². The van der Waals surface area contributed by atoms with Gasteiger partial charge in [0, 0.05) is 5.56 Å². The van der Waals surface area contributed by atoms with Crippen LogP contribution in [0.3, 0.4) is 0 Å². The van der Waals surface area contributed by atoms with Crippen molar-refractivity contribution in [2.45, 2.75) is 6.92 Å². The van der Waals surface area contributed by atoms with Crippen LogP contribution in [0.25, 0.3) is 5.82 Å². The molecule has 0 aliphatic rings. The SMILES string of the molecule is Cc1conc1-n1c[c]nn1. The van der Waals surface area contributed by atoms with Crippen LogP contribution in [0.5, 0.6) is 0 Å².